The summed E-state index contributed by atoms with van der Waals surface area (Å²) in [6.45, 7) is 1.05. The van der Waals surface area contributed by atoms with Gasteiger partial charge in [-0.1, -0.05) is 0 Å². The molecular weight excluding hydrogens is 168 g/mol. The maximum absolute atomic E-state index is 4.34. The van der Waals surface area contributed by atoms with E-state index in [1.807, 2.05) is 11.3 Å². The third-order valence-electron chi connectivity index (χ3n) is 2.67. The molecule has 1 unspecified atom stereocenters. The van der Waals surface area contributed by atoms with Crippen molar-refractivity contribution in [2.24, 2.45) is 11.0 Å². The molecule has 0 aromatic carbocycles. The molecule has 12 heavy (non-hydrogen) atoms. The van der Waals surface area contributed by atoms with Crippen LogP contribution in [-0.2, 0) is 6.42 Å². The largest absolute Gasteiger partial charge is 0.309 e. The molecule has 1 atom stereocenters. The number of rotatable bonds is 0. The van der Waals surface area contributed by atoms with Gasteiger partial charge in [0.1, 0.15) is 0 Å². The van der Waals surface area contributed by atoms with Gasteiger partial charge in [0.05, 0.1) is 5.71 Å². The maximum atomic E-state index is 4.34. The fourth-order valence-electron chi connectivity index (χ4n) is 2.02. The van der Waals surface area contributed by atoms with Gasteiger partial charge < -0.3 is 5.43 Å². The van der Waals surface area contributed by atoms with Gasteiger partial charge in [-0.05, 0) is 24.3 Å². The highest BCUT2D eigenvalue weighted by molar-refractivity contribution is 7.10. The molecule has 0 saturated heterocycles. The van der Waals surface area contributed by atoms with E-state index in [-0.39, 0.29) is 0 Å². The van der Waals surface area contributed by atoms with Gasteiger partial charge >= 0.3 is 0 Å². The van der Waals surface area contributed by atoms with E-state index in [9.17, 15) is 0 Å². The summed E-state index contributed by atoms with van der Waals surface area (Å²) >= 11 is 1.87. The molecule has 0 amide bonds. The van der Waals surface area contributed by atoms with E-state index in [0.29, 0.717) is 5.92 Å². The van der Waals surface area contributed by atoms with Crippen LogP contribution in [0.3, 0.4) is 0 Å². The molecule has 1 N–H and O–H groups in total. The van der Waals surface area contributed by atoms with Gasteiger partial charge in [-0.2, -0.15) is 5.10 Å². The first kappa shape index (κ1) is 6.66. The minimum absolute atomic E-state index is 0.687. The summed E-state index contributed by atoms with van der Waals surface area (Å²) in [5.74, 6) is 0.687. The summed E-state index contributed by atoms with van der Waals surface area (Å²) in [5.41, 5.74) is 5.79. The second kappa shape index (κ2) is 2.33. The molecule has 2 aliphatic rings. The van der Waals surface area contributed by atoms with Crippen LogP contribution in [0.2, 0.25) is 0 Å². The van der Waals surface area contributed by atoms with Crippen molar-refractivity contribution in [3.05, 3.63) is 21.9 Å². The topological polar surface area (TPSA) is 24.4 Å². The fraction of sp³-hybridized carbons (Fsp3) is 0.444. The van der Waals surface area contributed by atoms with Gasteiger partial charge in [-0.3, -0.25) is 0 Å². The summed E-state index contributed by atoms with van der Waals surface area (Å²) in [6, 6.07) is 2.21. The number of hydrogen-bond donors (Lipinski definition) is 1. The summed E-state index contributed by atoms with van der Waals surface area (Å²) in [7, 11) is 0. The van der Waals surface area contributed by atoms with Crippen LogP contribution >= 0.6 is 11.3 Å². The SMILES string of the molecule is c1cc2c(s1)CCC1CNN=C21. The molecule has 0 bridgehead atoms. The van der Waals surface area contributed by atoms with Crippen molar-refractivity contribution in [2.75, 3.05) is 6.54 Å². The Morgan fingerprint density at radius 2 is 2.58 bits per heavy atom. The number of thiophene rings is 1. The zero-order valence-corrected chi connectivity index (χ0v) is 7.53. The summed E-state index contributed by atoms with van der Waals surface area (Å²) in [5, 5.41) is 6.52. The van der Waals surface area contributed by atoms with Crippen molar-refractivity contribution in [3.8, 4) is 0 Å². The zero-order chi connectivity index (χ0) is 7.97. The van der Waals surface area contributed by atoms with Crippen LogP contribution in [0.1, 0.15) is 16.9 Å². The zero-order valence-electron chi connectivity index (χ0n) is 6.71. The van der Waals surface area contributed by atoms with Gasteiger partial charge in [-0.25, -0.2) is 0 Å². The molecule has 1 aliphatic heterocycles. The Morgan fingerprint density at radius 3 is 3.58 bits per heavy atom. The van der Waals surface area contributed by atoms with E-state index < -0.39 is 0 Å². The Balaban J connectivity index is 2.15. The van der Waals surface area contributed by atoms with E-state index in [1.165, 1.54) is 29.0 Å². The first-order valence-electron chi connectivity index (χ1n) is 4.32. The van der Waals surface area contributed by atoms with Crippen molar-refractivity contribution < 1.29 is 0 Å². The lowest BCUT2D eigenvalue weighted by Gasteiger charge is -2.17. The third-order valence-corrected chi connectivity index (χ3v) is 3.65. The second-order valence-corrected chi connectivity index (χ2v) is 4.35. The molecule has 62 valence electrons. The molecule has 3 heteroatoms. The molecule has 3 rings (SSSR count). The van der Waals surface area contributed by atoms with Crippen molar-refractivity contribution in [1.29, 1.82) is 0 Å². The highest BCUT2D eigenvalue weighted by atomic mass is 32.1. The monoisotopic (exact) mass is 178 g/mol. The minimum atomic E-state index is 0.687. The average Bonchev–Trinajstić information content (AvgIpc) is 2.71. The van der Waals surface area contributed by atoms with Crippen molar-refractivity contribution >= 4 is 17.0 Å². The Bertz CT molecular complexity index is 340. The van der Waals surface area contributed by atoms with E-state index in [0.717, 1.165) is 6.54 Å². The lowest BCUT2D eigenvalue weighted by atomic mass is 9.87. The molecule has 2 nitrogen and oxygen atoms in total. The molecule has 0 radical (unpaired) electrons. The first-order valence-corrected chi connectivity index (χ1v) is 5.20. The number of hydrogen-bond acceptors (Lipinski definition) is 3. The highest BCUT2D eigenvalue weighted by Gasteiger charge is 2.29. The fourth-order valence-corrected chi connectivity index (χ4v) is 2.92. The predicted molar refractivity (Wildman–Crippen MR) is 50.7 cm³/mol. The van der Waals surface area contributed by atoms with E-state index in [4.69, 9.17) is 0 Å². The van der Waals surface area contributed by atoms with Crippen LogP contribution < -0.4 is 5.43 Å². The Hall–Kier alpha value is -0.830. The number of aryl methyl sites for hydroxylation is 1. The van der Waals surface area contributed by atoms with Crippen molar-refractivity contribution in [3.63, 3.8) is 0 Å². The second-order valence-electron chi connectivity index (χ2n) is 3.35. The molecule has 0 saturated carbocycles. The van der Waals surface area contributed by atoms with Crippen LogP contribution in [0.25, 0.3) is 0 Å². The molecule has 2 heterocycles. The third kappa shape index (κ3) is 0.771. The molecular formula is C9H10N2S. The van der Waals surface area contributed by atoms with Crippen molar-refractivity contribution in [1.82, 2.24) is 5.43 Å². The lowest BCUT2D eigenvalue weighted by molar-refractivity contribution is 0.605. The average molecular weight is 178 g/mol. The van der Waals surface area contributed by atoms with Crippen LogP contribution in [0.4, 0.5) is 0 Å². The summed E-state index contributed by atoms with van der Waals surface area (Å²) in [6.07, 6.45) is 2.53. The Morgan fingerprint density at radius 1 is 1.58 bits per heavy atom. The number of nitrogens with zero attached hydrogens (tertiary/aromatic N) is 1. The Kier molecular flexibility index (Phi) is 1.29. The van der Waals surface area contributed by atoms with Gasteiger partial charge in [0.25, 0.3) is 0 Å². The summed E-state index contributed by atoms with van der Waals surface area (Å²) in [4.78, 5) is 1.52. The van der Waals surface area contributed by atoms with Crippen molar-refractivity contribution in [2.45, 2.75) is 12.8 Å². The Labute approximate surface area is 75.3 Å². The first-order chi connectivity index (χ1) is 5.95. The standard InChI is InChI=1S/C9H10N2S/c1-2-8-7(3-4-12-8)9-6(1)5-10-11-9/h3-4,6,10H,1-2,5H2. The molecule has 1 aliphatic carbocycles. The van der Waals surface area contributed by atoms with Crippen LogP contribution in [0.5, 0.6) is 0 Å². The van der Waals surface area contributed by atoms with Crippen LogP contribution in [0.15, 0.2) is 16.5 Å². The predicted octanol–water partition coefficient (Wildman–Crippen LogP) is 1.62. The minimum Gasteiger partial charge on any atom is -0.309 e. The smallest absolute Gasteiger partial charge is 0.0735 e. The lowest BCUT2D eigenvalue weighted by Crippen LogP contribution is -2.21. The van der Waals surface area contributed by atoms with Crippen LogP contribution in [0, 0.1) is 5.92 Å². The maximum Gasteiger partial charge on any atom is 0.0735 e. The number of hydrazone groups is 1. The molecule has 1 aromatic heterocycles. The van der Waals surface area contributed by atoms with E-state index >= 15 is 0 Å². The van der Waals surface area contributed by atoms with Gasteiger partial charge in [0, 0.05) is 22.9 Å². The van der Waals surface area contributed by atoms with Crippen LogP contribution in [-0.4, -0.2) is 12.3 Å². The van der Waals surface area contributed by atoms with Gasteiger partial charge in [-0.15, -0.1) is 11.3 Å². The summed E-state index contributed by atoms with van der Waals surface area (Å²) < 4.78 is 0. The number of nitrogens with one attached hydrogen (secondary N) is 1. The number of fused-ring (bicyclic) bond motifs is 3. The molecule has 0 fully saturated rings. The molecule has 0 spiro atoms. The van der Waals surface area contributed by atoms with E-state index in [1.54, 1.807) is 0 Å². The highest BCUT2D eigenvalue weighted by Crippen LogP contribution is 2.31. The van der Waals surface area contributed by atoms with Gasteiger partial charge in [0.15, 0.2) is 0 Å². The molecule has 1 aromatic rings. The normalized spacial score (nSPS) is 25.7. The quantitative estimate of drug-likeness (QED) is 0.641. The van der Waals surface area contributed by atoms with E-state index in [2.05, 4.69) is 22.0 Å². The van der Waals surface area contributed by atoms with Gasteiger partial charge in [0.2, 0.25) is 0 Å².